The van der Waals surface area contributed by atoms with Gasteiger partial charge < -0.3 is 9.47 Å². The average Bonchev–Trinajstić information content (AvgIpc) is 3.43. The lowest BCUT2D eigenvalue weighted by atomic mass is 9.79. The lowest BCUT2D eigenvalue weighted by molar-refractivity contribution is -0.274. The molecule has 5 rings (SSSR count). The van der Waals surface area contributed by atoms with Gasteiger partial charge in [0.1, 0.15) is 28.9 Å². The minimum Gasteiger partial charge on any atom is -0.473 e. The molecule has 2 aromatic heterocycles. The van der Waals surface area contributed by atoms with Crippen molar-refractivity contribution in [3.8, 4) is 11.6 Å². The highest BCUT2D eigenvalue weighted by atomic mass is 32.2. The number of pyridine rings is 1. The lowest BCUT2D eigenvalue weighted by Gasteiger charge is -2.41. The van der Waals surface area contributed by atoms with Crippen LogP contribution in [0.2, 0.25) is 0 Å². The minimum atomic E-state index is -4.74. The Morgan fingerprint density at radius 1 is 1.07 bits per heavy atom. The van der Waals surface area contributed by atoms with Crippen LogP contribution in [0.25, 0.3) is 0 Å². The number of anilines is 1. The molecule has 0 radical (unpaired) electrons. The largest absolute Gasteiger partial charge is 0.573 e. The zero-order chi connectivity index (χ0) is 28.3. The quantitative estimate of drug-likeness (QED) is 0.396. The zero-order valence-corrected chi connectivity index (χ0v) is 22.7. The van der Waals surface area contributed by atoms with Gasteiger partial charge >= 0.3 is 6.36 Å². The number of aryl methyl sites for hydroxylation is 1. The van der Waals surface area contributed by atoms with Gasteiger partial charge in [0.15, 0.2) is 0 Å². The van der Waals surface area contributed by atoms with Gasteiger partial charge in [0.25, 0.3) is 10.0 Å². The van der Waals surface area contributed by atoms with Crippen LogP contribution in [0.15, 0.2) is 59.9 Å². The second kappa shape index (κ2) is 11.6. The van der Waals surface area contributed by atoms with E-state index < -0.39 is 16.4 Å². The molecule has 3 aromatic rings. The minimum absolute atomic E-state index is 0.0132. The first-order valence-corrected chi connectivity index (χ1v) is 14.6. The fourth-order valence-electron chi connectivity index (χ4n) is 5.56. The molecular weight excluding hydrogens is 547 g/mol. The van der Waals surface area contributed by atoms with E-state index in [1.54, 1.807) is 19.1 Å². The molecule has 9 nitrogen and oxygen atoms in total. The second-order valence-electron chi connectivity index (χ2n) is 10.0. The Morgan fingerprint density at radius 2 is 1.88 bits per heavy atom. The molecule has 0 spiro atoms. The highest BCUT2D eigenvalue weighted by molar-refractivity contribution is 7.92. The van der Waals surface area contributed by atoms with E-state index in [4.69, 9.17) is 4.74 Å². The van der Waals surface area contributed by atoms with Crippen LogP contribution in [0.4, 0.5) is 19.0 Å². The third-order valence-electron chi connectivity index (χ3n) is 7.32. The summed E-state index contributed by atoms with van der Waals surface area (Å²) in [6.45, 7) is 3.45. The Labute approximate surface area is 230 Å². The molecular formula is C27H30F3N5O4S. The summed E-state index contributed by atoms with van der Waals surface area (Å²) in [4.78, 5) is 14.5. The summed E-state index contributed by atoms with van der Waals surface area (Å²) in [6, 6.07) is 10.7. The summed E-state index contributed by atoms with van der Waals surface area (Å²) < 4.78 is 77.0. The number of rotatable bonds is 8. The molecule has 1 aromatic carbocycles. The number of likely N-dealkylation sites (tertiary alicyclic amines) is 1. The van der Waals surface area contributed by atoms with Crippen LogP contribution in [0, 0.1) is 6.92 Å². The molecule has 3 heterocycles. The first-order chi connectivity index (χ1) is 19.1. The van der Waals surface area contributed by atoms with E-state index in [9.17, 15) is 21.6 Å². The second-order valence-corrected chi connectivity index (χ2v) is 11.7. The van der Waals surface area contributed by atoms with Crippen LogP contribution in [-0.4, -0.2) is 59.9 Å². The van der Waals surface area contributed by atoms with Crippen molar-refractivity contribution in [2.75, 3.05) is 17.8 Å². The number of hydrogen-bond donors (Lipinski definition) is 1. The van der Waals surface area contributed by atoms with E-state index in [2.05, 4.69) is 29.3 Å². The molecule has 13 heteroatoms. The topological polar surface area (TPSA) is 107 Å². The number of nitrogens with zero attached hydrogens (tertiary/aromatic N) is 4. The molecule has 2 aliphatic rings. The monoisotopic (exact) mass is 577 g/mol. The van der Waals surface area contributed by atoms with Gasteiger partial charge in [-0.2, -0.15) is 0 Å². The van der Waals surface area contributed by atoms with Crippen molar-refractivity contribution in [3.63, 3.8) is 0 Å². The van der Waals surface area contributed by atoms with E-state index in [1.807, 2.05) is 6.07 Å². The predicted molar refractivity (Wildman–Crippen MR) is 141 cm³/mol. The molecule has 0 unspecified atom stereocenters. The molecule has 1 saturated carbocycles. The number of alkyl halides is 3. The number of halogens is 3. The van der Waals surface area contributed by atoms with Crippen molar-refractivity contribution < 1.29 is 31.1 Å². The predicted octanol–water partition coefficient (Wildman–Crippen LogP) is 5.06. The lowest BCUT2D eigenvalue weighted by Crippen LogP contribution is -2.48. The van der Waals surface area contributed by atoms with Gasteiger partial charge in [0.2, 0.25) is 5.88 Å². The molecule has 2 fully saturated rings. The van der Waals surface area contributed by atoms with Gasteiger partial charge in [0.05, 0.1) is 5.69 Å². The van der Waals surface area contributed by atoms with Crippen LogP contribution < -0.4 is 14.2 Å². The first kappa shape index (κ1) is 28.1. The third kappa shape index (κ3) is 6.81. The van der Waals surface area contributed by atoms with Gasteiger partial charge in [-0.25, -0.2) is 23.4 Å². The number of nitrogens with one attached hydrogen (secondary N) is 1. The van der Waals surface area contributed by atoms with E-state index in [-0.39, 0.29) is 40.2 Å². The Kier molecular flexibility index (Phi) is 8.13. The SMILES string of the molecule is Cc1nc(O[C@H]2CC[C@H](c3cccc(OC(F)(F)F)c3)C[C@@H]2N2CCCC2)ccc1S(=O)(=O)Nc1ccncn1. The highest BCUT2D eigenvalue weighted by Crippen LogP contribution is 2.39. The third-order valence-corrected chi connectivity index (χ3v) is 8.81. The summed E-state index contributed by atoms with van der Waals surface area (Å²) >= 11 is 0. The summed E-state index contributed by atoms with van der Waals surface area (Å²) in [5.41, 5.74) is 1.09. The Bertz CT molecular complexity index is 1420. The highest BCUT2D eigenvalue weighted by Gasteiger charge is 2.38. The zero-order valence-electron chi connectivity index (χ0n) is 21.8. The Morgan fingerprint density at radius 3 is 2.58 bits per heavy atom. The van der Waals surface area contributed by atoms with Gasteiger partial charge in [-0.1, -0.05) is 12.1 Å². The number of sulfonamides is 1. The molecule has 1 aliphatic carbocycles. The Hall–Kier alpha value is -3.45. The molecule has 1 N–H and O–H groups in total. The van der Waals surface area contributed by atoms with Crippen LogP contribution in [0.3, 0.4) is 0 Å². The van der Waals surface area contributed by atoms with Gasteiger partial charge in [0, 0.05) is 18.3 Å². The fourth-order valence-corrected chi connectivity index (χ4v) is 6.74. The first-order valence-electron chi connectivity index (χ1n) is 13.1. The van der Waals surface area contributed by atoms with Crippen molar-refractivity contribution in [1.82, 2.24) is 19.9 Å². The average molecular weight is 578 g/mol. The van der Waals surface area contributed by atoms with E-state index in [0.717, 1.165) is 37.9 Å². The standard InChI is InChI=1S/C27H30F3N5O4S/c1-18-24(40(36,37)34-25-11-12-31-17-32-25)9-10-26(33-18)38-23-8-7-20(16-22(23)35-13-2-3-14-35)19-5-4-6-21(15-19)39-27(28,29)30/h4-6,9-12,15,17,20,22-23H,2-3,7-8,13-14,16H2,1H3,(H,31,32,34)/t20-,22-,23-/m0/s1. The molecule has 0 bridgehead atoms. The van der Waals surface area contributed by atoms with Crippen LogP contribution in [0.5, 0.6) is 11.6 Å². The maximum Gasteiger partial charge on any atom is 0.573 e. The van der Waals surface area contributed by atoms with Gasteiger partial charge in [-0.3, -0.25) is 9.62 Å². The van der Waals surface area contributed by atoms with E-state index in [1.165, 1.54) is 36.8 Å². The number of hydrogen-bond acceptors (Lipinski definition) is 8. The van der Waals surface area contributed by atoms with Crippen LogP contribution in [-0.2, 0) is 10.0 Å². The number of benzene rings is 1. The maximum absolute atomic E-state index is 12.9. The number of ether oxygens (including phenoxy) is 2. The summed E-state index contributed by atoms with van der Waals surface area (Å²) in [5.74, 6) is 0.310. The van der Waals surface area contributed by atoms with E-state index >= 15 is 0 Å². The summed E-state index contributed by atoms with van der Waals surface area (Å²) in [5, 5.41) is 0. The van der Waals surface area contributed by atoms with Crippen molar-refractivity contribution in [2.45, 2.75) is 68.3 Å². The van der Waals surface area contributed by atoms with Gasteiger partial charge in [-0.05, 0) is 87.9 Å². The van der Waals surface area contributed by atoms with Crippen molar-refractivity contribution in [3.05, 3.63) is 66.2 Å². The van der Waals surface area contributed by atoms with Crippen molar-refractivity contribution in [2.24, 2.45) is 0 Å². The summed E-state index contributed by atoms with van der Waals surface area (Å²) in [7, 11) is -3.92. The summed E-state index contributed by atoms with van der Waals surface area (Å²) in [6.07, 6.45) is 2.01. The molecule has 40 heavy (non-hydrogen) atoms. The Balaban J connectivity index is 1.31. The molecule has 3 atom stereocenters. The van der Waals surface area contributed by atoms with E-state index in [0.29, 0.717) is 18.7 Å². The molecule has 0 amide bonds. The smallest absolute Gasteiger partial charge is 0.473 e. The van der Waals surface area contributed by atoms with Gasteiger partial charge in [-0.15, -0.1) is 13.2 Å². The number of aromatic nitrogens is 3. The van der Waals surface area contributed by atoms with Crippen molar-refractivity contribution >= 4 is 15.8 Å². The molecule has 214 valence electrons. The van der Waals surface area contributed by atoms with Crippen LogP contribution >= 0.6 is 0 Å². The normalized spacial score (nSPS) is 22.1. The van der Waals surface area contributed by atoms with Crippen LogP contribution in [0.1, 0.15) is 49.3 Å². The maximum atomic E-state index is 12.9. The fraction of sp³-hybridized carbons (Fsp3) is 0.444. The van der Waals surface area contributed by atoms with Crippen molar-refractivity contribution in [1.29, 1.82) is 0 Å². The molecule has 1 saturated heterocycles. The molecule has 1 aliphatic heterocycles.